The molecule has 0 atom stereocenters. The van der Waals surface area contributed by atoms with Crippen LogP contribution in [0.5, 0.6) is 0 Å². The van der Waals surface area contributed by atoms with Crippen LogP contribution >= 0.6 is 15.9 Å². The molecule has 126 valence electrons. The highest BCUT2D eigenvalue weighted by molar-refractivity contribution is 9.10. The zero-order valence-electron chi connectivity index (χ0n) is 13.2. The van der Waals surface area contributed by atoms with Gasteiger partial charge in [-0.3, -0.25) is 0 Å². The van der Waals surface area contributed by atoms with E-state index in [4.69, 9.17) is 9.47 Å². The summed E-state index contributed by atoms with van der Waals surface area (Å²) in [6.07, 6.45) is 3.34. The molecule has 1 aromatic carbocycles. The fraction of sp³-hybridized carbons (Fsp3) is 0.412. The van der Waals surface area contributed by atoms with Crippen molar-refractivity contribution in [3.63, 3.8) is 0 Å². The molecule has 0 bridgehead atoms. The molecule has 0 aliphatic carbocycles. The first-order chi connectivity index (χ1) is 11.7. The second-order valence-electron chi connectivity index (χ2n) is 5.99. The highest BCUT2D eigenvalue weighted by atomic mass is 79.9. The minimum atomic E-state index is -0.359. The quantitative estimate of drug-likeness (QED) is 0.867. The van der Waals surface area contributed by atoms with E-state index in [0.717, 1.165) is 47.7 Å². The third kappa shape index (κ3) is 3.38. The van der Waals surface area contributed by atoms with Crippen LogP contribution in [0.3, 0.4) is 0 Å². The van der Waals surface area contributed by atoms with Gasteiger partial charge in [-0.25, -0.2) is 9.97 Å². The zero-order valence-corrected chi connectivity index (χ0v) is 14.8. The van der Waals surface area contributed by atoms with Gasteiger partial charge in [0.05, 0.1) is 13.2 Å². The molecule has 0 amide bonds. The van der Waals surface area contributed by atoms with Gasteiger partial charge >= 0.3 is 0 Å². The maximum atomic E-state index is 5.78. The van der Waals surface area contributed by atoms with E-state index in [2.05, 4.69) is 36.1 Å². The maximum Gasteiger partial charge on any atom is 0.171 e. The number of halogens is 1. The number of ether oxygens (including phenoxy) is 2. The van der Waals surface area contributed by atoms with Crippen LogP contribution in [0.2, 0.25) is 0 Å². The largest absolute Gasteiger partial charge is 0.356 e. The molecule has 0 saturated carbocycles. The summed E-state index contributed by atoms with van der Waals surface area (Å²) >= 11 is 3.44. The van der Waals surface area contributed by atoms with Crippen molar-refractivity contribution >= 4 is 33.3 Å². The molecule has 0 unspecified atom stereocenters. The van der Waals surface area contributed by atoms with E-state index in [1.807, 2.05) is 30.3 Å². The molecule has 1 spiro atoms. The number of hydrogen-bond donors (Lipinski definition) is 1. The number of rotatable bonds is 3. The number of anilines is 3. The van der Waals surface area contributed by atoms with E-state index < -0.39 is 0 Å². The second-order valence-corrected chi connectivity index (χ2v) is 6.90. The Labute approximate surface area is 149 Å². The van der Waals surface area contributed by atoms with Crippen LogP contribution in [0.25, 0.3) is 0 Å². The van der Waals surface area contributed by atoms with E-state index in [0.29, 0.717) is 13.2 Å². The Morgan fingerprint density at radius 2 is 1.75 bits per heavy atom. The fourth-order valence-corrected chi connectivity index (χ4v) is 3.40. The van der Waals surface area contributed by atoms with Gasteiger partial charge in [0.25, 0.3) is 0 Å². The van der Waals surface area contributed by atoms with Gasteiger partial charge in [-0.2, -0.15) is 0 Å². The van der Waals surface area contributed by atoms with Gasteiger partial charge in [-0.1, -0.05) is 15.9 Å². The van der Waals surface area contributed by atoms with E-state index in [1.54, 1.807) is 6.33 Å². The van der Waals surface area contributed by atoms with Gasteiger partial charge < -0.3 is 19.7 Å². The van der Waals surface area contributed by atoms with E-state index in [9.17, 15) is 0 Å². The Morgan fingerprint density at radius 1 is 1.04 bits per heavy atom. The van der Waals surface area contributed by atoms with Gasteiger partial charge in [-0.05, 0) is 24.3 Å². The number of benzene rings is 1. The molecule has 4 rings (SSSR count). The lowest BCUT2D eigenvalue weighted by molar-refractivity contribution is -0.169. The van der Waals surface area contributed by atoms with Crippen LogP contribution in [-0.2, 0) is 9.47 Å². The van der Waals surface area contributed by atoms with Crippen molar-refractivity contribution in [3.05, 3.63) is 41.1 Å². The van der Waals surface area contributed by atoms with Crippen LogP contribution in [0.1, 0.15) is 12.8 Å². The summed E-state index contributed by atoms with van der Waals surface area (Å²) in [6, 6.07) is 9.99. The van der Waals surface area contributed by atoms with Crippen LogP contribution in [0.15, 0.2) is 41.1 Å². The summed E-state index contributed by atoms with van der Waals surface area (Å²) < 4.78 is 12.6. The predicted molar refractivity (Wildman–Crippen MR) is 95.5 cm³/mol. The SMILES string of the molecule is Brc1ccc(Nc2cc(N3CCC4(CC3)OCCO4)ncn2)cc1. The smallest absolute Gasteiger partial charge is 0.171 e. The molecule has 0 radical (unpaired) electrons. The van der Waals surface area contributed by atoms with E-state index >= 15 is 0 Å². The molecular weight excluding hydrogens is 372 g/mol. The molecular formula is C17H19BrN4O2. The Morgan fingerprint density at radius 3 is 2.46 bits per heavy atom. The molecule has 1 N–H and O–H groups in total. The van der Waals surface area contributed by atoms with Crippen molar-refractivity contribution in [1.29, 1.82) is 0 Å². The number of piperidine rings is 1. The van der Waals surface area contributed by atoms with Gasteiger partial charge in [-0.15, -0.1) is 0 Å². The lowest BCUT2D eigenvalue weighted by Crippen LogP contribution is -2.45. The first kappa shape index (κ1) is 15.8. The predicted octanol–water partition coefficient (Wildman–Crippen LogP) is 3.33. The van der Waals surface area contributed by atoms with Crippen LogP contribution in [-0.4, -0.2) is 42.1 Å². The van der Waals surface area contributed by atoms with Crippen molar-refractivity contribution in [1.82, 2.24) is 9.97 Å². The summed E-state index contributed by atoms with van der Waals surface area (Å²) in [5.74, 6) is 1.36. The van der Waals surface area contributed by atoms with Gasteiger partial charge in [0.15, 0.2) is 5.79 Å². The van der Waals surface area contributed by atoms with Gasteiger partial charge in [0, 0.05) is 42.2 Å². The van der Waals surface area contributed by atoms with Crippen LogP contribution in [0, 0.1) is 0 Å². The lowest BCUT2D eigenvalue weighted by atomic mass is 10.0. The average molecular weight is 391 g/mol. The Bertz CT molecular complexity index is 694. The van der Waals surface area contributed by atoms with Gasteiger partial charge in [0.1, 0.15) is 18.0 Å². The molecule has 2 aliphatic heterocycles. The van der Waals surface area contributed by atoms with Crippen LogP contribution in [0.4, 0.5) is 17.3 Å². The van der Waals surface area contributed by atoms with Crippen molar-refractivity contribution in [2.75, 3.05) is 36.5 Å². The van der Waals surface area contributed by atoms with Gasteiger partial charge in [0.2, 0.25) is 0 Å². The van der Waals surface area contributed by atoms with Crippen molar-refractivity contribution in [2.45, 2.75) is 18.6 Å². The number of nitrogens with zero attached hydrogens (tertiary/aromatic N) is 3. The fourth-order valence-electron chi connectivity index (χ4n) is 3.13. The maximum absolute atomic E-state index is 5.78. The normalized spacial score (nSPS) is 19.6. The summed E-state index contributed by atoms with van der Waals surface area (Å²) in [7, 11) is 0. The summed E-state index contributed by atoms with van der Waals surface area (Å²) in [5, 5.41) is 3.31. The minimum Gasteiger partial charge on any atom is -0.356 e. The minimum absolute atomic E-state index is 0.359. The third-order valence-corrected chi connectivity index (χ3v) is 4.96. The first-order valence-electron chi connectivity index (χ1n) is 8.10. The highest BCUT2D eigenvalue weighted by Crippen LogP contribution is 2.33. The summed E-state index contributed by atoms with van der Waals surface area (Å²) in [5.41, 5.74) is 0.994. The molecule has 2 aromatic rings. The molecule has 1 aromatic heterocycles. The average Bonchev–Trinajstić information content (AvgIpc) is 3.06. The monoisotopic (exact) mass is 390 g/mol. The lowest BCUT2D eigenvalue weighted by Gasteiger charge is -2.38. The van der Waals surface area contributed by atoms with E-state index in [-0.39, 0.29) is 5.79 Å². The van der Waals surface area contributed by atoms with Crippen molar-refractivity contribution in [3.8, 4) is 0 Å². The highest BCUT2D eigenvalue weighted by Gasteiger charge is 2.40. The third-order valence-electron chi connectivity index (χ3n) is 4.43. The Balaban J connectivity index is 1.44. The number of aromatic nitrogens is 2. The second kappa shape index (κ2) is 6.66. The zero-order chi connectivity index (χ0) is 16.4. The number of hydrogen-bond acceptors (Lipinski definition) is 6. The Hall–Kier alpha value is -1.70. The first-order valence-corrected chi connectivity index (χ1v) is 8.89. The standard InChI is InChI=1S/C17H19BrN4O2/c18-13-1-3-14(4-2-13)21-15-11-16(20-12-19-15)22-7-5-17(6-8-22)23-9-10-24-17/h1-4,11-12H,5-10H2,(H,19,20,21). The van der Waals surface area contributed by atoms with Crippen molar-refractivity contribution < 1.29 is 9.47 Å². The number of nitrogens with one attached hydrogen (secondary N) is 1. The summed E-state index contributed by atoms with van der Waals surface area (Å²) in [4.78, 5) is 11.0. The van der Waals surface area contributed by atoms with Crippen LogP contribution < -0.4 is 10.2 Å². The van der Waals surface area contributed by atoms with E-state index in [1.165, 1.54) is 0 Å². The molecule has 3 heterocycles. The summed E-state index contributed by atoms with van der Waals surface area (Å²) in [6.45, 7) is 3.15. The topological polar surface area (TPSA) is 59.5 Å². The van der Waals surface area contributed by atoms with Crippen molar-refractivity contribution in [2.24, 2.45) is 0 Å². The molecule has 7 heteroatoms. The molecule has 2 fully saturated rings. The molecule has 6 nitrogen and oxygen atoms in total. The molecule has 24 heavy (non-hydrogen) atoms. The molecule has 2 saturated heterocycles. The molecule has 2 aliphatic rings. The Kier molecular flexibility index (Phi) is 4.39.